The van der Waals surface area contributed by atoms with E-state index in [1.165, 1.54) is 0 Å². The van der Waals surface area contributed by atoms with Crippen molar-refractivity contribution in [3.8, 4) is 0 Å². The lowest BCUT2D eigenvalue weighted by Gasteiger charge is -1.97. The minimum Gasteiger partial charge on any atom is -0.277 e. The maximum absolute atomic E-state index is 9.61. The van der Waals surface area contributed by atoms with Crippen LogP contribution < -0.4 is 5.43 Å². The van der Waals surface area contributed by atoms with E-state index in [1.54, 1.807) is 0 Å². The van der Waals surface area contributed by atoms with Crippen molar-refractivity contribution in [2.24, 2.45) is 10.3 Å². The van der Waals surface area contributed by atoms with Crippen LogP contribution in [0.15, 0.2) is 34.5 Å². The van der Waals surface area contributed by atoms with Crippen LogP contribution in [0.3, 0.4) is 0 Å². The quantitative estimate of drug-likeness (QED) is 0.303. The lowest BCUT2D eigenvalue weighted by Crippen LogP contribution is -1.87. The smallest absolute Gasteiger partial charge is 0.180 e. The summed E-state index contributed by atoms with van der Waals surface area (Å²) in [4.78, 5) is 9.61. The third-order valence-electron chi connectivity index (χ3n) is 1.14. The van der Waals surface area contributed by atoms with E-state index in [1.807, 2.05) is 24.3 Å². The van der Waals surface area contributed by atoms with Crippen LogP contribution in [0.25, 0.3) is 0 Å². The van der Waals surface area contributed by atoms with E-state index in [0.717, 1.165) is 15.6 Å². The van der Waals surface area contributed by atoms with Crippen molar-refractivity contribution < 1.29 is 0 Å². The molecule has 1 aromatic carbocycles. The summed E-state index contributed by atoms with van der Waals surface area (Å²) in [5.41, 5.74) is 3.47. The molecule has 0 amide bonds. The molecular formula is C7H6IN3O. The summed E-state index contributed by atoms with van der Waals surface area (Å²) in [5, 5.41) is 6.00. The minimum atomic E-state index is 0.829. The molecule has 12 heavy (non-hydrogen) atoms. The molecule has 0 spiro atoms. The fraction of sp³-hybridized carbons (Fsp3) is 0. The number of halogens is 1. The number of hydrazone groups is 1. The van der Waals surface area contributed by atoms with Gasteiger partial charge in [0.2, 0.25) is 0 Å². The van der Waals surface area contributed by atoms with Crippen LogP contribution in [0, 0.1) is 8.48 Å². The Labute approximate surface area is 83.2 Å². The zero-order valence-electron chi connectivity index (χ0n) is 6.07. The van der Waals surface area contributed by atoms with Gasteiger partial charge in [-0.15, -0.1) is 4.91 Å². The molecule has 0 saturated heterocycles. The van der Waals surface area contributed by atoms with E-state index in [2.05, 4.69) is 38.3 Å². The average Bonchev–Trinajstić information content (AvgIpc) is 2.09. The van der Waals surface area contributed by atoms with E-state index in [-0.39, 0.29) is 0 Å². The van der Waals surface area contributed by atoms with Crippen LogP contribution in [-0.2, 0) is 0 Å². The van der Waals surface area contributed by atoms with Crippen LogP contribution in [0.2, 0.25) is 0 Å². The van der Waals surface area contributed by atoms with Gasteiger partial charge in [0.05, 0.1) is 5.69 Å². The molecule has 0 heterocycles. The van der Waals surface area contributed by atoms with Gasteiger partial charge in [0.15, 0.2) is 6.34 Å². The largest absolute Gasteiger partial charge is 0.277 e. The monoisotopic (exact) mass is 275 g/mol. The SMILES string of the molecule is O=N/C=N/Nc1ccc(I)cc1. The van der Waals surface area contributed by atoms with Gasteiger partial charge in [-0.2, -0.15) is 5.10 Å². The van der Waals surface area contributed by atoms with Gasteiger partial charge in [0.1, 0.15) is 0 Å². The number of nitroso groups, excluding NO2 is 1. The predicted octanol–water partition coefficient (Wildman–Crippen LogP) is 2.41. The van der Waals surface area contributed by atoms with Gasteiger partial charge in [-0.1, -0.05) is 0 Å². The van der Waals surface area contributed by atoms with Crippen LogP contribution >= 0.6 is 22.6 Å². The molecule has 4 nitrogen and oxygen atoms in total. The van der Waals surface area contributed by atoms with Crippen molar-refractivity contribution in [1.82, 2.24) is 0 Å². The van der Waals surface area contributed by atoms with Gasteiger partial charge >= 0.3 is 0 Å². The molecule has 1 N–H and O–H groups in total. The fourth-order valence-electron chi connectivity index (χ4n) is 0.651. The molecule has 0 radical (unpaired) electrons. The van der Waals surface area contributed by atoms with E-state index in [0.29, 0.717) is 0 Å². The second kappa shape index (κ2) is 4.81. The summed E-state index contributed by atoms with van der Waals surface area (Å²) in [7, 11) is 0. The summed E-state index contributed by atoms with van der Waals surface area (Å²) in [6.07, 6.45) is 0.915. The normalized spacial score (nSPS) is 10.1. The highest BCUT2D eigenvalue weighted by Crippen LogP contribution is 2.10. The van der Waals surface area contributed by atoms with Crippen LogP contribution in [-0.4, -0.2) is 6.34 Å². The van der Waals surface area contributed by atoms with Gasteiger partial charge in [0, 0.05) is 3.57 Å². The van der Waals surface area contributed by atoms with Crippen molar-refractivity contribution >= 4 is 34.6 Å². The number of nitrogens with one attached hydrogen (secondary N) is 1. The van der Waals surface area contributed by atoms with Gasteiger partial charge in [-0.25, -0.2) is 0 Å². The first-order valence-corrected chi connectivity index (χ1v) is 4.26. The van der Waals surface area contributed by atoms with E-state index < -0.39 is 0 Å². The maximum Gasteiger partial charge on any atom is 0.180 e. The predicted molar refractivity (Wildman–Crippen MR) is 57.1 cm³/mol. The van der Waals surface area contributed by atoms with Gasteiger partial charge in [0.25, 0.3) is 0 Å². The minimum absolute atomic E-state index is 0.829. The topological polar surface area (TPSA) is 53.8 Å². The first kappa shape index (κ1) is 9.11. The Hall–Kier alpha value is -0.980. The highest BCUT2D eigenvalue weighted by atomic mass is 127. The molecule has 1 rings (SSSR count). The van der Waals surface area contributed by atoms with Crippen molar-refractivity contribution in [3.05, 3.63) is 32.7 Å². The zero-order valence-corrected chi connectivity index (χ0v) is 8.22. The van der Waals surface area contributed by atoms with Crippen LogP contribution in [0.1, 0.15) is 0 Å². The molecule has 62 valence electrons. The lowest BCUT2D eigenvalue weighted by atomic mass is 10.3. The van der Waals surface area contributed by atoms with Crippen molar-refractivity contribution in [3.63, 3.8) is 0 Å². The second-order valence-corrected chi connectivity index (χ2v) is 3.21. The third-order valence-corrected chi connectivity index (χ3v) is 1.86. The van der Waals surface area contributed by atoms with E-state index in [4.69, 9.17) is 0 Å². The Morgan fingerprint density at radius 2 is 2.00 bits per heavy atom. The Morgan fingerprint density at radius 3 is 2.58 bits per heavy atom. The highest BCUT2D eigenvalue weighted by molar-refractivity contribution is 14.1. The number of rotatable bonds is 3. The number of hydrogen-bond acceptors (Lipinski definition) is 3. The van der Waals surface area contributed by atoms with Crippen LogP contribution in [0.4, 0.5) is 5.69 Å². The Kier molecular flexibility index (Phi) is 3.65. The lowest BCUT2D eigenvalue weighted by molar-refractivity contribution is 1.33. The molecule has 0 aliphatic carbocycles. The summed E-state index contributed by atoms with van der Waals surface area (Å²) >= 11 is 2.21. The fourth-order valence-corrected chi connectivity index (χ4v) is 1.01. The summed E-state index contributed by atoms with van der Waals surface area (Å²) in [6, 6.07) is 7.60. The highest BCUT2D eigenvalue weighted by Gasteiger charge is 1.87. The molecular weight excluding hydrogens is 269 g/mol. The van der Waals surface area contributed by atoms with E-state index >= 15 is 0 Å². The number of nitrogens with zero attached hydrogens (tertiary/aromatic N) is 2. The van der Waals surface area contributed by atoms with Crippen molar-refractivity contribution in [1.29, 1.82) is 0 Å². The first-order valence-electron chi connectivity index (χ1n) is 3.18. The molecule has 0 unspecified atom stereocenters. The van der Waals surface area contributed by atoms with Crippen molar-refractivity contribution in [2.45, 2.75) is 0 Å². The second-order valence-electron chi connectivity index (χ2n) is 1.97. The molecule has 0 aliphatic heterocycles. The molecule has 5 heteroatoms. The van der Waals surface area contributed by atoms with Crippen molar-refractivity contribution in [2.75, 3.05) is 5.43 Å². The Morgan fingerprint density at radius 1 is 1.33 bits per heavy atom. The number of anilines is 1. The van der Waals surface area contributed by atoms with E-state index in [9.17, 15) is 4.91 Å². The van der Waals surface area contributed by atoms with Gasteiger partial charge < -0.3 is 0 Å². The summed E-state index contributed by atoms with van der Waals surface area (Å²) < 4.78 is 1.15. The maximum atomic E-state index is 9.61. The van der Waals surface area contributed by atoms with Gasteiger partial charge in [-0.05, 0) is 52.0 Å². The Bertz CT molecular complexity index is 283. The first-order chi connectivity index (χ1) is 5.83. The molecule has 0 bridgehead atoms. The van der Waals surface area contributed by atoms with Gasteiger partial charge in [-0.3, -0.25) is 5.43 Å². The van der Waals surface area contributed by atoms with Crippen LogP contribution in [0.5, 0.6) is 0 Å². The Balaban J connectivity index is 2.58. The zero-order chi connectivity index (χ0) is 8.81. The summed E-state index contributed by atoms with van der Waals surface area (Å²) in [6.45, 7) is 0. The standard InChI is InChI=1S/C7H6IN3O/c8-6-1-3-7(4-2-6)11-9-5-10-12/h1-5,11H/b9-5+. The summed E-state index contributed by atoms with van der Waals surface area (Å²) in [5.74, 6) is 0. The molecule has 0 atom stereocenters. The molecule has 0 aromatic heterocycles. The molecule has 0 fully saturated rings. The molecule has 1 aromatic rings. The third kappa shape index (κ3) is 2.95. The molecule has 0 aliphatic rings. The number of benzene rings is 1. The average molecular weight is 275 g/mol. The number of hydrogen-bond donors (Lipinski definition) is 1. The molecule has 0 saturated carbocycles.